The fourth-order valence-electron chi connectivity index (χ4n) is 2.13. The van der Waals surface area contributed by atoms with Crippen LogP contribution in [-0.2, 0) is 20.9 Å². The van der Waals surface area contributed by atoms with Crippen LogP contribution in [0.15, 0.2) is 41.3 Å². The predicted molar refractivity (Wildman–Crippen MR) is 87.5 cm³/mol. The second-order valence-electron chi connectivity index (χ2n) is 5.24. The molecule has 24 heavy (non-hydrogen) atoms. The average Bonchev–Trinajstić information content (AvgIpc) is 2.53. The molecule has 0 unspecified atom stereocenters. The molecule has 0 bridgehead atoms. The summed E-state index contributed by atoms with van der Waals surface area (Å²) >= 11 is 0. The van der Waals surface area contributed by atoms with Gasteiger partial charge in [-0.05, 0) is 37.6 Å². The summed E-state index contributed by atoms with van der Waals surface area (Å²) in [6.07, 6.45) is 0. The third-order valence-corrected chi connectivity index (χ3v) is 4.75. The van der Waals surface area contributed by atoms with Crippen LogP contribution in [0.3, 0.4) is 0 Å². The summed E-state index contributed by atoms with van der Waals surface area (Å²) < 4.78 is 34.5. The van der Waals surface area contributed by atoms with Gasteiger partial charge in [0.15, 0.2) is 0 Å². The summed E-state index contributed by atoms with van der Waals surface area (Å²) in [5.41, 5.74) is 1.40. The van der Waals surface area contributed by atoms with Gasteiger partial charge >= 0.3 is 0 Å². The average molecular weight is 351 g/mol. The number of nitro groups is 1. The smallest absolute Gasteiger partial charge is 0.297 e. The molecule has 2 aromatic rings. The maximum Gasteiger partial charge on any atom is 0.297 e. The van der Waals surface area contributed by atoms with E-state index in [1.54, 1.807) is 19.1 Å². The van der Waals surface area contributed by atoms with Crippen molar-refractivity contribution in [2.24, 2.45) is 0 Å². The predicted octanol–water partition coefficient (Wildman–Crippen LogP) is 3.13. The maximum atomic E-state index is 12.2. The van der Waals surface area contributed by atoms with Gasteiger partial charge in [0, 0.05) is 6.07 Å². The first kappa shape index (κ1) is 17.9. The van der Waals surface area contributed by atoms with Crippen molar-refractivity contribution >= 4 is 15.8 Å². The molecule has 2 aromatic carbocycles. The van der Waals surface area contributed by atoms with Crippen molar-refractivity contribution in [3.05, 3.63) is 63.2 Å². The highest BCUT2D eigenvalue weighted by atomic mass is 32.2. The summed E-state index contributed by atoms with van der Waals surface area (Å²) in [6.45, 7) is 3.04. The van der Waals surface area contributed by atoms with Crippen LogP contribution in [0.5, 0.6) is 5.75 Å². The number of nitrogens with zero attached hydrogens (tertiary/aromatic N) is 1. The highest BCUT2D eigenvalue weighted by Gasteiger charge is 2.21. The Morgan fingerprint density at radius 1 is 1.12 bits per heavy atom. The summed E-state index contributed by atoms with van der Waals surface area (Å²) in [6, 6.07) is 8.89. The minimum absolute atomic E-state index is 0.00479. The molecule has 128 valence electrons. The molecule has 0 radical (unpaired) electrons. The van der Waals surface area contributed by atoms with Crippen molar-refractivity contribution in [1.82, 2.24) is 0 Å². The number of rotatable bonds is 6. The van der Waals surface area contributed by atoms with Crippen molar-refractivity contribution < 1.29 is 22.3 Å². The normalized spacial score (nSPS) is 11.3. The van der Waals surface area contributed by atoms with Crippen LogP contribution in [0.1, 0.15) is 16.7 Å². The van der Waals surface area contributed by atoms with Gasteiger partial charge in [0.1, 0.15) is 5.75 Å². The SMILES string of the molecule is COc1cc(COS(=O)(=O)c2ccc(C)cc2)c([N+](=O)[O-])cc1C. The Morgan fingerprint density at radius 3 is 2.29 bits per heavy atom. The van der Waals surface area contributed by atoms with Crippen molar-refractivity contribution in [2.75, 3.05) is 7.11 Å². The summed E-state index contributed by atoms with van der Waals surface area (Å²) in [5, 5.41) is 11.2. The van der Waals surface area contributed by atoms with Gasteiger partial charge in [0.25, 0.3) is 15.8 Å². The number of nitro benzene ring substituents is 1. The Morgan fingerprint density at radius 2 is 1.75 bits per heavy atom. The first-order valence-corrected chi connectivity index (χ1v) is 8.43. The monoisotopic (exact) mass is 351 g/mol. The van der Waals surface area contributed by atoms with E-state index in [1.807, 2.05) is 6.92 Å². The van der Waals surface area contributed by atoms with Gasteiger partial charge in [-0.25, -0.2) is 0 Å². The maximum absolute atomic E-state index is 12.2. The van der Waals surface area contributed by atoms with E-state index in [0.29, 0.717) is 11.3 Å². The van der Waals surface area contributed by atoms with Gasteiger partial charge in [-0.15, -0.1) is 0 Å². The lowest BCUT2D eigenvalue weighted by Gasteiger charge is -2.10. The molecule has 0 aliphatic carbocycles. The van der Waals surface area contributed by atoms with Crippen LogP contribution in [0, 0.1) is 24.0 Å². The van der Waals surface area contributed by atoms with Crippen LogP contribution in [0.25, 0.3) is 0 Å². The molecular weight excluding hydrogens is 334 g/mol. The third kappa shape index (κ3) is 3.90. The van der Waals surface area contributed by atoms with Crippen molar-refractivity contribution in [2.45, 2.75) is 25.3 Å². The van der Waals surface area contributed by atoms with Gasteiger partial charge in [0.05, 0.1) is 29.1 Å². The lowest BCUT2D eigenvalue weighted by Crippen LogP contribution is -2.08. The topological polar surface area (TPSA) is 95.7 Å². The molecule has 0 atom stereocenters. The summed E-state index contributed by atoms with van der Waals surface area (Å²) in [4.78, 5) is 10.6. The highest BCUT2D eigenvalue weighted by molar-refractivity contribution is 7.86. The molecule has 0 heterocycles. The molecule has 8 heteroatoms. The molecule has 0 fully saturated rings. The lowest BCUT2D eigenvalue weighted by molar-refractivity contribution is -0.385. The molecule has 0 N–H and O–H groups in total. The van der Waals surface area contributed by atoms with E-state index in [-0.39, 0.29) is 16.1 Å². The zero-order chi connectivity index (χ0) is 17.9. The molecule has 0 aliphatic heterocycles. The molecule has 0 saturated carbocycles. The molecule has 7 nitrogen and oxygen atoms in total. The van der Waals surface area contributed by atoms with Crippen molar-refractivity contribution in [1.29, 1.82) is 0 Å². The number of aryl methyl sites for hydroxylation is 2. The van der Waals surface area contributed by atoms with Crippen molar-refractivity contribution in [3.8, 4) is 5.75 Å². The minimum atomic E-state index is -4.01. The van der Waals surface area contributed by atoms with Crippen LogP contribution in [-0.4, -0.2) is 20.5 Å². The third-order valence-electron chi connectivity index (χ3n) is 3.47. The van der Waals surface area contributed by atoms with Gasteiger partial charge in [-0.1, -0.05) is 17.7 Å². The van der Waals surface area contributed by atoms with Crippen LogP contribution < -0.4 is 4.74 Å². The Kier molecular flexibility index (Phi) is 5.20. The van der Waals surface area contributed by atoms with Gasteiger partial charge in [0.2, 0.25) is 0 Å². The van der Waals surface area contributed by atoms with Crippen LogP contribution in [0.4, 0.5) is 5.69 Å². The second-order valence-corrected chi connectivity index (χ2v) is 6.85. The molecule has 2 rings (SSSR count). The fourth-order valence-corrected chi connectivity index (χ4v) is 3.02. The Hall–Kier alpha value is -2.45. The van der Waals surface area contributed by atoms with Crippen LogP contribution >= 0.6 is 0 Å². The highest BCUT2D eigenvalue weighted by Crippen LogP contribution is 2.29. The number of benzene rings is 2. The lowest BCUT2D eigenvalue weighted by atomic mass is 10.1. The number of hydrogen-bond donors (Lipinski definition) is 0. The van der Waals surface area contributed by atoms with E-state index < -0.39 is 21.6 Å². The largest absolute Gasteiger partial charge is 0.496 e. The molecule has 0 aliphatic rings. The molecule has 0 amide bonds. The number of hydrogen-bond acceptors (Lipinski definition) is 6. The number of methoxy groups -OCH3 is 1. The van der Waals surface area contributed by atoms with Gasteiger partial charge in [-0.3, -0.25) is 14.3 Å². The Balaban J connectivity index is 2.30. The van der Waals surface area contributed by atoms with Crippen LogP contribution in [0.2, 0.25) is 0 Å². The first-order valence-electron chi connectivity index (χ1n) is 7.02. The zero-order valence-electron chi connectivity index (χ0n) is 13.5. The minimum Gasteiger partial charge on any atom is -0.496 e. The first-order chi connectivity index (χ1) is 11.2. The van der Waals surface area contributed by atoms with Gasteiger partial charge in [-0.2, -0.15) is 8.42 Å². The van der Waals surface area contributed by atoms with Crippen molar-refractivity contribution in [3.63, 3.8) is 0 Å². The van der Waals surface area contributed by atoms with E-state index in [9.17, 15) is 18.5 Å². The van der Waals surface area contributed by atoms with E-state index in [2.05, 4.69) is 0 Å². The standard InChI is InChI=1S/C16H17NO6S/c1-11-4-6-14(7-5-11)24(20,21)23-10-13-9-16(22-3)12(2)8-15(13)17(18)19/h4-9H,10H2,1-3H3. The Labute approximate surface area is 140 Å². The molecule has 0 aromatic heterocycles. The molecular formula is C16H17NO6S. The van der Waals surface area contributed by atoms with E-state index in [4.69, 9.17) is 8.92 Å². The summed E-state index contributed by atoms with van der Waals surface area (Å²) in [7, 11) is -2.58. The van der Waals surface area contributed by atoms with E-state index >= 15 is 0 Å². The van der Waals surface area contributed by atoms with E-state index in [1.165, 1.54) is 31.4 Å². The summed E-state index contributed by atoms with van der Waals surface area (Å²) in [5.74, 6) is 0.423. The van der Waals surface area contributed by atoms with E-state index in [0.717, 1.165) is 5.56 Å². The molecule has 0 spiro atoms. The fraction of sp³-hybridized carbons (Fsp3) is 0.250. The molecule has 0 saturated heterocycles. The van der Waals surface area contributed by atoms with Gasteiger partial charge < -0.3 is 4.74 Å². The Bertz CT molecular complexity index is 859. The second kappa shape index (κ2) is 6.98. The zero-order valence-corrected chi connectivity index (χ0v) is 14.3. The number of ether oxygens (including phenoxy) is 1. The quantitative estimate of drug-likeness (QED) is 0.451.